The van der Waals surface area contributed by atoms with Crippen molar-refractivity contribution in [2.24, 2.45) is 5.92 Å². The maximum atomic E-state index is 12.3. The van der Waals surface area contributed by atoms with Crippen LogP contribution in [0, 0.1) is 24.7 Å². The minimum absolute atomic E-state index is 0.0420. The van der Waals surface area contributed by atoms with E-state index < -0.39 is 0 Å². The molecule has 0 spiro atoms. The quantitative estimate of drug-likeness (QED) is 0.502. The summed E-state index contributed by atoms with van der Waals surface area (Å²) in [5, 5.41) is 16.8. The Labute approximate surface area is 207 Å². The second kappa shape index (κ2) is 12.4. The van der Waals surface area contributed by atoms with Gasteiger partial charge in [0.2, 0.25) is 5.91 Å². The number of nitrogens with zero attached hydrogens (tertiary/aromatic N) is 3. The van der Waals surface area contributed by atoms with Crippen molar-refractivity contribution >= 4 is 17.6 Å². The molecule has 3 amide bonds. The summed E-state index contributed by atoms with van der Waals surface area (Å²) in [6, 6.07) is 7.48. The van der Waals surface area contributed by atoms with Crippen LogP contribution in [0.5, 0.6) is 0 Å². The van der Waals surface area contributed by atoms with Crippen molar-refractivity contribution in [3.05, 3.63) is 41.7 Å². The highest BCUT2D eigenvalue weighted by molar-refractivity contribution is 5.89. The second-order valence-corrected chi connectivity index (χ2v) is 9.47. The number of amides is 3. The molecular weight excluding hydrogens is 444 g/mol. The molecule has 1 saturated heterocycles. The topological polar surface area (TPSA) is 110 Å². The van der Waals surface area contributed by atoms with Crippen molar-refractivity contribution in [2.75, 3.05) is 11.9 Å². The monoisotopic (exact) mass is 480 g/mol. The molecule has 1 aromatic heterocycles. The highest BCUT2D eigenvalue weighted by Gasteiger charge is 2.34. The van der Waals surface area contributed by atoms with E-state index in [1.807, 2.05) is 52.0 Å². The number of anilines is 1. The van der Waals surface area contributed by atoms with Crippen LogP contribution in [0.2, 0.25) is 0 Å². The lowest BCUT2D eigenvalue weighted by Crippen LogP contribution is -2.39. The highest BCUT2D eigenvalue weighted by atomic mass is 16.5. The first kappa shape index (κ1) is 26.2. The highest BCUT2D eigenvalue weighted by Crippen LogP contribution is 2.30. The van der Waals surface area contributed by atoms with E-state index in [1.165, 1.54) is 0 Å². The van der Waals surface area contributed by atoms with Crippen LogP contribution in [0.25, 0.3) is 0 Å². The SMILES string of the molecule is Cc1cccc(NC(=O)NCC#Cc2cn([C@H](C)C[C@@H]3CC[C@H]([C@@H](C)C(=O)NC(C)C)O3)nn2)c1. The molecule has 9 heteroatoms. The van der Waals surface area contributed by atoms with E-state index in [-0.39, 0.29) is 48.7 Å². The molecule has 3 N–H and O–H groups in total. The predicted molar refractivity (Wildman–Crippen MR) is 135 cm³/mol. The van der Waals surface area contributed by atoms with E-state index in [4.69, 9.17) is 4.74 Å². The molecule has 1 aromatic carbocycles. The maximum absolute atomic E-state index is 12.3. The fraction of sp³-hybridized carbons (Fsp3) is 0.538. The Morgan fingerprint density at radius 2 is 2.03 bits per heavy atom. The molecule has 35 heavy (non-hydrogen) atoms. The van der Waals surface area contributed by atoms with Gasteiger partial charge in [-0.1, -0.05) is 30.2 Å². The van der Waals surface area contributed by atoms with Crippen molar-refractivity contribution in [1.29, 1.82) is 0 Å². The van der Waals surface area contributed by atoms with Gasteiger partial charge in [-0.2, -0.15) is 0 Å². The van der Waals surface area contributed by atoms with Crippen LogP contribution in [0.3, 0.4) is 0 Å². The Hall–Kier alpha value is -3.38. The summed E-state index contributed by atoms with van der Waals surface area (Å²) in [4.78, 5) is 24.3. The van der Waals surface area contributed by atoms with Crippen molar-refractivity contribution in [3.8, 4) is 11.8 Å². The largest absolute Gasteiger partial charge is 0.374 e. The zero-order valence-electron chi connectivity index (χ0n) is 21.2. The van der Waals surface area contributed by atoms with Gasteiger partial charge in [-0.25, -0.2) is 9.48 Å². The van der Waals surface area contributed by atoms with Crippen LogP contribution in [0.4, 0.5) is 10.5 Å². The summed E-state index contributed by atoms with van der Waals surface area (Å²) in [5.41, 5.74) is 2.35. The Morgan fingerprint density at radius 1 is 1.23 bits per heavy atom. The molecule has 9 nitrogen and oxygen atoms in total. The lowest BCUT2D eigenvalue weighted by molar-refractivity contribution is -0.129. The molecule has 3 rings (SSSR count). The van der Waals surface area contributed by atoms with E-state index in [9.17, 15) is 9.59 Å². The van der Waals surface area contributed by atoms with Gasteiger partial charge in [0.25, 0.3) is 0 Å². The fourth-order valence-corrected chi connectivity index (χ4v) is 4.05. The van der Waals surface area contributed by atoms with Crippen molar-refractivity contribution in [3.63, 3.8) is 0 Å². The van der Waals surface area contributed by atoms with Crippen LogP contribution in [0.1, 0.15) is 64.3 Å². The first-order valence-corrected chi connectivity index (χ1v) is 12.2. The lowest BCUT2D eigenvalue weighted by atomic mass is 10.00. The number of ether oxygens (including phenoxy) is 1. The van der Waals surface area contributed by atoms with E-state index in [1.54, 1.807) is 10.9 Å². The molecule has 4 atom stereocenters. The van der Waals surface area contributed by atoms with E-state index in [2.05, 4.69) is 45.0 Å². The summed E-state index contributed by atoms with van der Waals surface area (Å²) in [6.45, 7) is 10.1. The van der Waals surface area contributed by atoms with Crippen LogP contribution in [-0.4, -0.2) is 51.7 Å². The number of rotatable bonds is 8. The summed E-state index contributed by atoms with van der Waals surface area (Å²) in [5.74, 6) is 5.70. The lowest BCUT2D eigenvalue weighted by Gasteiger charge is -2.22. The molecule has 0 saturated carbocycles. The summed E-state index contributed by atoms with van der Waals surface area (Å²) < 4.78 is 7.96. The molecule has 1 aliphatic rings. The number of carbonyl (C=O) groups is 2. The average Bonchev–Trinajstić information content (AvgIpc) is 3.45. The van der Waals surface area contributed by atoms with E-state index >= 15 is 0 Å². The Balaban J connectivity index is 1.42. The third kappa shape index (κ3) is 8.11. The molecule has 0 unspecified atom stereocenters. The number of hydrogen-bond acceptors (Lipinski definition) is 5. The van der Waals surface area contributed by atoms with E-state index in [0.717, 1.165) is 30.5 Å². The molecule has 2 heterocycles. The van der Waals surface area contributed by atoms with Crippen LogP contribution in [0.15, 0.2) is 30.5 Å². The average molecular weight is 481 g/mol. The number of aryl methyl sites for hydroxylation is 1. The van der Waals surface area contributed by atoms with Crippen LogP contribution in [-0.2, 0) is 9.53 Å². The maximum Gasteiger partial charge on any atom is 0.319 e. The number of urea groups is 1. The minimum atomic E-state index is -0.312. The van der Waals surface area contributed by atoms with Crippen molar-refractivity contribution < 1.29 is 14.3 Å². The van der Waals surface area contributed by atoms with Gasteiger partial charge in [0.05, 0.1) is 36.9 Å². The fourth-order valence-electron chi connectivity index (χ4n) is 4.05. The number of aromatic nitrogens is 3. The van der Waals surface area contributed by atoms with Gasteiger partial charge in [0.15, 0.2) is 5.69 Å². The predicted octanol–water partition coefficient (Wildman–Crippen LogP) is 3.42. The third-order valence-corrected chi connectivity index (χ3v) is 5.94. The van der Waals surface area contributed by atoms with Gasteiger partial charge < -0.3 is 20.7 Å². The third-order valence-electron chi connectivity index (χ3n) is 5.94. The molecule has 1 fully saturated rings. The molecule has 2 aromatic rings. The van der Waals surface area contributed by atoms with Crippen LogP contribution >= 0.6 is 0 Å². The van der Waals surface area contributed by atoms with Gasteiger partial charge >= 0.3 is 6.03 Å². The van der Waals surface area contributed by atoms with Gasteiger partial charge in [0.1, 0.15) is 0 Å². The summed E-state index contributed by atoms with van der Waals surface area (Å²) in [7, 11) is 0. The molecule has 0 bridgehead atoms. The number of hydrogen-bond donors (Lipinski definition) is 3. The summed E-state index contributed by atoms with van der Waals surface area (Å²) in [6.07, 6.45) is 4.41. The van der Waals surface area contributed by atoms with Gasteiger partial charge in [-0.15, -0.1) is 5.10 Å². The molecule has 1 aliphatic heterocycles. The Kier molecular flexibility index (Phi) is 9.26. The van der Waals surface area contributed by atoms with E-state index in [0.29, 0.717) is 5.69 Å². The number of benzene rings is 1. The van der Waals surface area contributed by atoms with Crippen molar-refractivity contribution in [2.45, 2.75) is 78.2 Å². The zero-order valence-corrected chi connectivity index (χ0v) is 21.2. The normalized spacial score (nSPS) is 18.9. The Morgan fingerprint density at radius 3 is 2.77 bits per heavy atom. The first-order chi connectivity index (χ1) is 16.7. The first-order valence-electron chi connectivity index (χ1n) is 12.2. The van der Waals surface area contributed by atoms with Gasteiger partial charge in [0, 0.05) is 11.7 Å². The standard InChI is InChI=1S/C26H36N6O3/c1-17(2)28-25(33)20(5)24-12-11-23(35-24)15-19(4)32-16-22(30-31-32)10-7-13-27-26(34)29-21-9-6-8-18(3)14-21/h6,8-9,14,16-17,19-20,23-24H,11-13,15H2,1-5H3,(H,28,33)(H2,27,29,34)/t19-,20-,23+,24-/m1/s1. The van der Waals surface area contributed by atoms with Gasteiger partial charge in [-0.3, -0.25) is 4.79 Å². The zero-order chi connectivity index (χ0) is 25.4. The number of nitrogens with one attached hydrogen (secondary N) is 3. The smallest absolute Gasteiger partial charge is 0.319 e. The molecular formula is C26H36N6O3. The molecule has 188 valence electrons. The Bertz CT molecular complexity index is 1070. The molecule has 0 radical (unpaired) electrons. The minimum Gasteiger partial charge on any atom is -0.374 e. The molecule has 0 aliphatic carbocycles. The summed E-state index contributed by atoms with van der Waals surface area (Å²) >= 11 is 0. The van der Waals surface area contributed by atoms with Crippen molar-refractivity contribution in [1.82, 2.24) is 25.6 Å². The number of carbonyl (C=O) groups excluding carboxylic acids is 2. The second-order valence-electron chi connectivity index (χ2n) is 9.47. The van der Waals surface area contributed by atoms with Gasteiger partial charge in [-0.05, 0) is 70.6 Å². The van der Waals surface area contributed by atoms with Crippen LogP contribution < -0.4 is 16.0 Å².